The zero-order chi connectivity index (χ0) is 14.6. The molecule has 0 atom stereocenters. The quantitative estimate of drug-likeness (QED) is 0.837. The lowest BCUT2D eigenvalue weighted by Crippen LogP contribution is -2.55. The third-order valence-corrected chi connectivity index (χ3v) is 6.07. The van der Waals surface area contributed by atoms with Gasteiger partial charge in [0.05, 0.1) is 5.02 Å². The number of aromatic nitrogens is 1. The smallest absolute Gasteiger partial charge is 0.271 e. The fourth-order valence-corrected chi connectivity index (χ4v) is 5.30. The van der Waals surface area contributed by atoms with Crippen LogP contribution < -0.4 is 5.32 Å². The Kier molecular flexibility index (Phi) is 3.38. The van der Waals surface area contributed by atoms with Crippen LogP contribution in [0.2, 0.25) is 10.2 Å². The first-order valence-corrected chi connectivity index (χ1v) is 8.48. The summed E-state index contributed by atoms with van der Waals surface area (Å²) >= 11 is 12.0. The molecule has 4 fully saturated rings. The highest BCUT2D eigenvalue weighted by Gasteiger charge is 2.48. The van der Waals surface area contributed by atoms with E-state index in [2.05, 4.69) is 10.3 Å². The molecule has 5 heteroatoms. The normalized spacial score (nSPS) is 36.8. The molecule has 0 saturated heterocycles. The van der Waals surface area contributed by atoms with Crippen molar-refractivity contribution in [2.75, 3.05) is 0 Å². The molecule has 0 radical (unpaired) electrons. The van der Waals surface area contributed by atoms with Crippen molar-refractivity contribution in [3.05, 3.63) is 28.0 Å². The first kappa shape index (κ1) is 13.8. The molecule has 4 aliphatic rings. The maximum atomic E-state index is 12.5. The van der Waals surface area contributed by atoms with Crippen molar-refractivity contribution in [3.8, 4) is 0 Å². The maximum absolute atomic E-state index is 12.5. The molecule has 0 aromatic carbocycles. The number of carbonyl (C=O) groups is 1. The predicted octanol–water partition coefficient (Wildman–Crippen LogP) is 3.94. The fraction of sp³-hybridized carbons (Fsp3) is 0.625. The summed E-state index contributed by atoms with van der Waals surface area (Å²) in [6.45, 7) is 0. The van der Waals surface area contributed by atoms with Gasteiger partial charge in [0.2, 0.25) is 0 Å². The molecule has 1 aromatic heterocycles. The van der Waals surface area contributed by atoms with Crippen LogP contribution in [0.25, 0.3) is 0 Å². The highest BCUT2D eigenvalue weighted by atomic mass is 35.5. The number of carbonyl (C=O) groups excluding carboxylic acids is 1. The van der Waals surface area contributed by atoms with Crippen LogP contribution in [0.3, 0.4) is 0 Å². The van der Waals surface area contributed by atoms with E-state index in [-0.39, 0.29) is 11.6 Å². The molecule has 4 saturated carbocycles. The van der Waals surface area contributed by atoms with Gasteiger partial charge in [-0.25, -0.2) is 4.98 Å². The number of amides is 1. The van der Waals surface area contributed by atoms with Gasteiger partial charge >= 0.3 is 0 Å². The summed E-state index contributed by atoms with van der Waals surface area (Å²) < 4.78 is 0. The molecule has 1 amide bonds. The molecular weight excluding hydrogens is 307 g/mol. The maximum Gasteiger partial charge on any atom is 0.271 e. The van der Waals surface area contributed by atoms with E-state index in [0.29, 0.717) is 28.1 Å². The Morgan fingerprint density at radius 3 is 2.29 bits per heavy atom. The van der Waals surface area contributed by atoms with Crippen molar-refractivity contribution in [1.82, 2.24) is 10.3 Å². The van der Waals surface area contributed by atoms with E-state index < -0.39 is 0 Å². The molecule has 0 unspecified atom stereocenters. The highest BCUT2D eigenvalue weighted by Crippen LogP contribution is 2.53. The van der Waals surface area contributed by atoms with Gasteiger partial charge in [-0.3, -0.25) is 4.79 Å². The van der Waals surface area contributed by atoms with Gasteiger partial charge in [-0.15, -0.1) is 0 Å². The Labute approximate surface area is 134 Å². The largest absolute Gasteiger partial charge is 0.347 e. The molecule has 1 aromatic rings. The number of hydrogen-bond acceptors (Lipinski definition) is 2. The van der Waals surface area contributed by atoms with Gasteiger partial charge in [-0.1, -0.05) is 23.2 Å². The second-order valence-electron chi connectivity index (χ2n) is 6.89. The molecule has 4 aliphatic carbocycles. The van der Waals surface area contributed by atoms with Crippen molar-refractivity contribution < 1.29 is 4.79 Å². The average Bonchev–Trinajstić information content (AvgIpc) is 2.44. The highest BCUT2D eigenvalue weighted by molar-refractivity contribution is 6.34. The Morgan fingerprint density at radius 1 is 1.05 bits per heavy atom. The van der Waals surface area contributed by atoms with E-state index in [0.717, 1.165) is 11.8 Å². The first-order valence-electron chi connectivity index (χ1n) is 7.73. The summed E-state index contributed by atoms with van der Waals surface area (Å²) in [4.78, 5) is 16.6. The Balaban J connectivity index is 1.53. The minimum atomic E-state index is -0.181. The topological polar surface area (TPSA) is 42.0 Å². The Morgan fingerprint density at radius 2 is 1.67 bits per heavy atom. The van der Waals surface area contributed by atoms with E-state index >= 15 is 0 Å². The second-order valence-corrected chi connectivity index (χ2v) is 7.69. The summed E-state index contributed by atoms with van der Waals surface area (Å²) in [5, 5.41) is 3.86. The van der Waals surface area contributed by atoms with Crippen LogP contribution in [-0.2, 0) is 0 Å². The van der Waals surface area contributed by atoms with E-state index in [4.69, 9.17) is 23.2 Å². The third kappa shape index (κ3) is 2.44. The van der Waals surface area contributed by atoms with Crippen LogP contribution in [-0.4, -0.2) is 16.9 Å². The lowest BCUT2D eigenvalue weighted by Gasteiger charge is -2.54. The summed E-state index contributed by atoms with van der Waals surface area (Å²) in [5.74, 6) is 2.90. The third-order valence-electron chi connectivity index (χ3n) is 5.55. The van der Waals surface area contributed by atoms with Gasteiger partial charge in [-0.05, 0) is 67.9 Å². The second kappa shape index (κ2) is 5.13. The minimum absolute atomic E-state index is 0.181. The first-order chi connectivity index (χ1) is 10.1. The van der Waals surface area contributed by atoms with Gasteiger partial charge in [0, 0.05) is 6.04 Å². The van der Waals surface area contributed by atoms with Gasteiger partial charge in [0.25, 0.3) is 5.91 Å². The molecule has 5 rings (SSSR count). The zero-order valence-electron chi connectivity index (χ0n) is 11.7. The summed E-state index contributed by atoms with van der Waals surface area (Å²) in [6.07, 6.45) is 6.50. The number of pyridine rings is 1. The molecule has 1 heterocycles. The Hall–Kier alpha value is -0.800. The fourth-order valence-electron chi connectivity index (χ4n) is 4.96. The minimum Gasteiger partial charge on any atom is -0.347 e. The molecule has 21 heavy (non-hydrogen) atoms. The number of hydrogen-bond donors (Lipinski definition) is 1. The summed E-state index contributed by atoms with van der Waals surface area (Å²) in [6, 6.07) is 3.52. The van der Waals surface area contributed by atoms with Gasteiger partial charge < -0.3 is 5.32 Å². The lowest BCUT2D eigenvalue weighted by molar-refractivity contribution is -0.0120. The molecule has 3 nitrogen and oxygen atoms in total. The van der Waals surface area contributed by atoms with E-state index in [1.165, 1.54) is 32.1 Å². The van der Waals surface area contributed by atoms with Crippen LogP contribution in [0.5, 0.6) is 0 Å². The van der Waals surface area contributed by atoms with Crippen LogP contribution in [0.1, 0.15) is 42.6 Å². The molecule has 4 bridgehead atoms. The lowest BCUT2D eigenvalue weighted by atomic mass is 9.54. The summed E-state index contributed by atoms with van der Waals surface area (Å²) in [5.41, 5.74) is 0.248. The monoisotopic (exact) mass is 324 g/mol. The van der Waals surface area contributed by atoms with E-state index in [1.807, 2.05) is 0 Å². The van der Waals surface area contributed by atoms with Crippen LogP contribution in [0.4, 0.5) is 0 Å². The predicted molar refractivity (Wildman–Crippen MR) is 82.6 cm³/mol. The van der Waals surface area contributed by atoms with Gasteiger partial charge in [-0.2, -0.15) is 0 Å². The van der Waals surface area contributed by atoms with Crippen LogP contribution in [0, 0.1) is 23.7 Å². The molecular formula is C16H18Cl2N2O. The van der Waals surface area contributed by atoms with Crippen molar-refractivity contribution in [3.63, 3.8) is 0 Å². The van der Waals surface area contributed by atoms with Crippen molar-refractivity contribution in [1.29, 1.82) is 0 Å². The van der Waals surface area contributed by atoms with E-state index in [1.54, 1.807) is 12.1 Å². The van der Waals surface area contributed by atoms with Crippen LogP contribution in [0.15, 0.2) is 12.1 Å². The van der Waals surface area contributed by atoms with Crippen molar-refractivity contribution >= 4 is 29.1 Å². The SMILES string of the molecule is O=C(NC1C2CC3CC(C2)CC1C3)c1nc(Cl)ccc1Cl. The molecule has 1 N–H and O–H groups in total. The van der Waals surface area contributed by atoms with Gasteiger partial charge in [0.1, 0.15) is 10.8 Å². The van der Waals surface area contributed by atoms with E-state index in [9.17, 15) is 4.79 Å². The van der Waals surface area contributed by atoms with Crippen molar-refractivity contribution in [2.24, 2.45) is 23.7 Å². The standard InChI is InChI=1S/C16H18Cl2N2O/c17-12-1-2-13(18)19-15(12)16(21)20-14-10-4-8-3-9(6-10)7-11(14)5-8/h1-2,8-11,14H,3-7H2,(H,20,21). The number of halogens is 2. The number of nitrogens with zero attached hydrogens (tertiary/aromatic N) is 1. The number of nitrogens with one attached hydrogen (secondary N) is 1. The average molecular weight is 325 g/mol. The molecule has 112 valence electrons. The Bertz CT molecular complexity index is 562. The van der Waals surface area contributed by atoms with Crippen molar-refractivity contribution in [2.45, 2.75) is 38.1 Å². The zero-order valence-corrected chi connectivity index (χ0v) is 13.2. The number of rotatable bonds is 2. The molecule has 0 aliphatic heterocycles. The van der Waals surface area contributed by atoms with Crippen LogP contribution >= 0.6 is 23.2 Å². The summed E-state index contributed by atoms with van der Waals surface area (Å²) in [7, 11) is 0. The molecule has 0 spiro atoms. The van der Waals surface area contributed by atoms with Gasteiger partial charge in [0.15, 0.2) is 0 Å².